The number of nitrogens with one attached hydrogen (secondary N) is 1. The van der Waals surface area contributed by atoms with E-state index in [0.29, 0.717) is 18.2 Å². The van der Waals surface area contributed by atoms with E-state index in [4.69, 9.17) is 9.26 Å². The monoisotopic (exact) mass is 287 g/mol. The third kappa shape index (κ3) is 3.82. The maximum Gasteiger partial charge on any atom is 0.231 e. The molecule has 0 spiro atoms. The van der Waals surface area contributed by atoms with Crippen LogP contribution < -0.4 is 10.1 Å². The standard InChI is InChI=1S/C16H21N3O2/c1-20-14-6-2-4-12(8-14)10-16-18-15(19-21-16)9-13-5-3-7-17-11-13/h2,4,6,8,13,17H,3,5,7,9-11H2,1H3. The Bertz CT molecular complexity index is 576. The van der Waals surface area contributed by atoms with Crippen LogP contribution in [0.25, 0.3) is 0 Å². The molecule has 5 nitrogen and oxygen atoms in total. The van der Waals surface area contributed by atoms with Crippen molar-refractivity contribution < 1.29 is 9.26 Å². The van der Waals surface area contributed by atoms with Crippen LogP contribution in [0.2, 0.25) is 0 Å². The minimum Gasteiger partial charge on any atom is -0.497 e. The van der Waals surface area contributed by atoms with Crippen LogP contribution in [0.3, 0.4) is 0 Å². The van der Waals surface area contributed by atoms with E-state index in [1.165, 1.54) is 12.8 Å². The number of aromatic nitrogens is 2. The van der Waals surface area contributed by atoms with Crippen molar-refractivity contribution in [2.24, 2.45) is 5.92 Å². The summed E-state index contributed by atoms with van der Waals surface area (Å²) in [5.74, 6) is 2.96. The van der Waals surface area contributed by atoms with E-state index in [1.54, 1.807) is 7.11 Å². The van der Waals surface area contributed by atoms with E-state index in [1.807, 2.05) is 24.3 Å². The van der Waals surface area contributed by atoms with Gasteiger partial charge in [0.2, 0.25) is 5.89 Å². The first-order valence-corrected chi connectivity index (χ1v) is 7.48. The smallest absolute Gasteiger partial charge is 0.231 e. The lowest BCUT2D eigenvalue weighted by atomic mass is 9.96. The largest absolute Gasteiger partial charge is 0.497 e. The quantitative estimate of drug-likeness (QED) is 0.913. The Morgan fingerprint density at radius 1 is 1.43 bits per heavy atom. The number of methoxy groups -OCH3 is 1. The topological polar surface area (TPSA) is 60.2 Å². The Morgan fingerprint density at radius 3 is 3.19 bits per heavy atom. The van der Waals surface area contributed by atoms with E-state index < -0.39 is 0 Å². The van der Waals surface area contributed by atoms with Gasteiger partial charge in [0.15, 0.2) is 5.82 Å². The van der Waals surface area contributed by atoms with Crippen LogP contribution in [0, 0.1) is 5.92 Å². The molecule has 1 aromatic heterocycles. The molecule has 0 bridgehead atoms. The first-order chi connectivity index (χ1) is 10.3. The molecule has 3 rings (SSSR count). The highest BCUT2D eigenvalue weighted by Gasteiger charge is 2.17. The molecule has 0 radical (unpaired) electrons. The molecule has 1 unspecified atom stereocenters. The molecule has 0 saturated carbocycles. The molecule has 5 heteroatoms. The van der Waals surface area contributed by atoms with Crippen LogP contribution in [-0.2, 0) is 12.8 Å². The zero-order valence-electron chi connectivity index (χ0n) is 12.3. The van der Waals surface area contributed by atoms with Crippen molar-refractivity contribution in [1.29, 1.82) is 0 Å². The minimum absolute atomic E-state index is 0.626. The summed E-state index contributed by atoms with van der Waals surface area (Å²) >= 11 is 0. The van der Waals surface area contributed by atoms with E-state index in [-0.39, 0.29) is 0 Å². The molecule has 1 saturated heterocycles. The molecule has 1 aromatic carbocycles. The van der Waals surface area contributed by atoms with Gasteiger partial charge in [-0.25, -0.2) is 0 Å². The van der Waals surface area contributed by atoms with E-state index in [9.17, 15) is 0 Å². The summed E-state index contributed by atoms with van der Waals surface area (Å²) in [6.07, 6.45) is 4.02. The first kappa shape index (κ1) is 14.1. The number of benzene rings is 1. The van der Waals surface area contributed by atoms with Gasteiger partial charge in [0.25, 0.3) is 0 Å². The molecule has 1 N–H and O–H groups in total. The fourth-order valence-corrected chi connectivity index (χ4v) is 2.76. The van der Waals surface area contributed by atoms with Crippen LogP contribution in [0.15, 0.2) is 28.8 Å². The second kappa shape index (κ2) is 6.72. The van der Waals surface area contributed by atoms with Gasteiger partial charge in [-0.2, -0.15) is 4.98 Å². The Hall–Kier alpha value is -1.88. The van der Waals surface area contributed by atoms with Gasteiger partial charge in [-0.1, -0.05) is 17.3 Å². The van der Waals surface area contributed by atoms with Crippen molar-refractivity contribution in [1.82, 2.24) is 15.5 Å². The highest BCUT2D eigenvalue weighted by atomic mass is 16.5. The third-order valence-electron chi connectivity index (χ3n) is 3.87. The summed E-state index contributed by atoms with van der Waals surface area (Å²) in [6.45, 7) is 2.18. The highest BCUT2D eigenvalue weighted by molar-refractivity contribution is 5.29. The lowest BCUT2D eigenvalue weighted by molar-refractivity contribution is 0.351. The normalized spacial score (nSPS) is 18.6. The zero-order chi connectivity index (χ0) is 14.5. The van der Waals surface area contributed by atoms with Crippen LogP contribution in [-0.4, -0.2) is 30.3 Å². The Morgan fingerprint density at radius 2 is 2.38 bits per heavy atom. The van der Waals surface area contributed by atoms with Crippen molar-refractivity contribution in [3.8, 4) is 5.75 Å². The van der Waals surface area contributed by atoms with Gasteiger partial charge in [-0.05, 0) is 49.5 Å². The van der Waals surface area contributed by atoms with Crippen LogP contribution in [0.5, 0.6) is 5.75 Å². The number of piperidine rings is 1. The average molecular weight is 287 g/mol. The number of hydrogen-bond acceptors (Lipinski definition) is 5. The highest BCUT2D eigenvalue weighted by Crippen LogP contribution is 2.17. The van der Waals surface area contributed by atoms with E-state index >= 15 is 0 Å². The van der Waals surface area contributed by atoms with Gasteiger partial charge in [-0.3, -0.25) is 0 Å². The van der Waals surface area contributed by atoms with Gasteiger partial charge in [0.1, 0.15) is 5.75 Å². The molecular weight excluding hydrogens is 266 g/mol. The molecule has 1 fully saturated rings. The molecule has 0 amide bonds. The molecule has 1 aliphatic heterocycles. The minimum atomic E-state index is 0.626. The molecule has 1 atom stereocenters. The van der Waals surface area contributed by atoms with Crippen molar-refractivity contribution in [2.75, 3.05) is 20.2 Å². The number of hydrogen-bond donors (Lipinski definition) is 1. The molecule has 1 aliphatic rings. The van der Waals surface area contributed by atoms with Crippen molar-refractivity contribution in [3.05, 3.63) is 41.5 Å². The second-order valence-corrected chi connectivity index (χ2v) is 5.55. The van der Waals surface area contributed by atoms with Gasteiger partial charge in [0.05, 0.1) is 13.5 Å². The Kier molecular flexibility index (Phi) is 4.50. The molecule has 0 aliphatic carbocycles. The maximum atomic E-state index is 5.36. The van der Waals surface area contributed by atoms with Crippen LogP contribution >= 0.6 is 0 Å². The van der Waals surface area contributed by atoms with Gasteiger partial charge in [-0.15, -0.1) is 0 Å². The van der Waals surface area contributed by atoms with Gasteiger partial charge >= 0.3 is 0 Å². The number of rotatable bonds is 5. The molecule has 21 heavy (non-hydrogen) atoms. The fraction of sp³-hybridized carbons (Fsp3) is 0.500. The number of ether oxygens (including phenoxy) is 1. The van der Waals surface area contributed by atoms with Crippen molar-refractivity contribution in [2.45, 2.75) is 25.7 Å². The summed E-state index contributed by atoms with van der Waals surface area (Å²) in [6, 6.07) is 7.93. The molecular formula is C16H21N3O2. The van der Waals surface area contributed by atoms with E-state index in [2.05, 4.69) is 15.5 Å². The maximum absolute atomic E-state index is 5.36. The first-order valence-electron chi connectivity index (χ1n) is 7.48. The summed E-state index contributed by atoms with van der Waals surface area (Å²) in [4.78, 5) is 4.51. The molecule has 112 valence electrons. The number of nitrogens with zero attached hydrogens (tertiary/aromatic N) is 2. The average Bonchev–Trinajstić information content (AvgIpc) is 2.95. The molecule has 2 aromatic rings. The SMILES string of the molecule is COc1cccc(Cc2nc(CC3CCCNC3)no2)c1. The Labute approximate surface area is 124 Å². The second-order valence-electron chi connectivity index (χ2n) is 5.55. The van der Waals surface area contributed by atoms with Gasteiger partial charge < -0.3 is 14.6 Å². The zero-order valence-corrected chi connectivity index (χ0v) is 12.3. The Balaban J connectivity index is 1.61. The summed E-state index contributed by atoms with van der Waals surface area (Å²) in [5, 5.41) is 7.52. The predicted octanol–water partition coefficient (Wildman–Crippen LogP) is 2.21. The predicted molar refractivity (Wildman–Crippen MR) is 79.4 cm³/mol. The van der Waals surface area contributed by atoms with Crippen molar-refractivity contribution >= 4 is 0 Å². The lowest BCUT2D eigenvalue weighted by Gasteiger charge is -2.20. The summed E-state index contributed by atoms with van der Waals surface area (Å²) < 4.78 is 10.6. The molecule has 2 heterocycles. The van der Waals surface area contributed by atoms with E-state index in [0.717, 1.165) is 36.6 Å². The lowest BCUT2D eigenvalue weighted by Crippen LogP contribution is -2.31. The van der Waals surface area contributed by atoms with Crippen LogP contribution in [0.4, 0.5) is 0 Å². The summed E-state index contributed by atoms with van der Waals surface area (Å²) in [7, 11) is 1.67. The fourth-order valence-electron chi connectivity index (χ4n) is 2.76. The summed E-state index contributed by atoms with van der Waals surface area (Å²) in [5.41, 5.74) is 1.11. The third-order valence-corrected chi connectivity index (χ3v) is 3.87. The van der Waals surface area contributed by atoms with Crippen LogP contribution in [0.1, 0.15) is 30.1 Å². The van der Waals surface area contributed by atoms with Gasteiger partial charge in [0, 0.05) is 6.42 Å². The van der Waals surface area contributed by atoms with Crippen molar-refractivity contribution in [3.63, 3.8) is 0 Å².